The van der Waals surface area contributed by atoms with E-state index in [2.05, 4.69) is 10.3 Å². The Bertz CT molecular complexity index is 746. The van der Waals surface area contributed by atoms with Crippen LogP contribution in [-0.4, -0.2) is 28.5 Å². The quantitative estimate of drug-likeness (QED) is 0.937. The van der Waals surface area contributed by atoms with E-state index in [0.29, 0.717) is 5.69 Å². The second kappa shape index (κ2) is 5.69. The molecule has 1 amide bonds. The first kappa shape index (κ1) is 15.2. The van der Waals surface area contributed by atoms with Crippen molar-refractivity contribution in [3.63, 3.8) is 0 Å². The standard InChI is InChI=1S/C14H17N3O3S/c1-10(2)21(19,20)17-7-6-12(9-17)16-14(18)13-5-4-11(3)8-15-13/h4-10H,1-3H3,(H,16,18). The second-order valence-electron chi connectivity index (χ2n) is 5.00. The number of pyridine rings is 1. The molecule has 0 saturated heterocycles. The Morgan fingerprint density at radius 3 is 2.57 bits per heavy atom. The number of amides is 1. The van der Waals surface area contributed by atoms with Crippen LogP contribution >= 0.6 is 0 Å². The average molecular weight is 307 g/mol. The van der Waals surface area contributed by atoms with E-state index in [1.807, 2.05) is 6.92 Å². The first-order chi connectivity index (χ1) is 9.80. The van der Waals surface area contributed by atoms with Gasteiger partial charge in [-0.3, -0.25) is 13.8 Å². The molecule has 2 aromatic rings. The minimum absolute atomic E-state index is 0.278. The van der Waals surface area contributed by atoms with E-state index < -0.39 is 15.3 Å². The molecule has 6 nitrogen and oxygen atoms in total. The van der Waals surface area contributed by atoms with Crippen molar-refractivity contribution < 1.29 is 13.2 Å². The summed E-state index contributed by atoms with van der Waals surface area (Å²) in [5, 5.41) is 2.09. The Morgan fingerprint density at radius 2 is 2.00 bits per heavy atom. The van der Waals surface area contributed by atoms with E-state index in [1.54, 1.807) is 32.2 Å². The number of carbonyl (C=O) groups excluding carboxylic acids is 1. The first-order valence-electron chi connectivity index (χ1n) is 6.47. The lowest BCUT2D eigenvalue weighted by Crippen LogP contribution is -2.21. The van der Waals surface area contributed by atoms with Gasteiger partial charge in [-0.15, -0.1) is 0 Å². The van der Waals surface area contributed by atoms with Gasteiger partial charge in [0, 0.05) is 18.6 Å². The molecule has 2 rings (SSSR count). The molecular formula is C14H17N3O3S. The summed E-state index contributed by atoms with van der Waals surface area (Å²) in [6.45, 7) is 5.08. The number of aryl methyl sites for hydroxylation is 1. The third-order valence-electron chi connectivity index (χ3n) is 2.96. The lowest BCUT2D eigenvalue weighted by molar-refractivity contribution is 0.102. The van der Waals surface area contributed by atoms with Crippen molar-refractivity contribution in [2.24, 2.45) is 0 Å². The van der Waals surface area contributed by atoms with Gasteiger partial charge in [0.05, 0.1) is 10.9 Å². The summed E-state index contributed by atoms with van der Waals surface area (Å²) in [6.07, 6.45) is 4.39. The largest absolute Gasteiger partial charge is 0.319 e. The highest BCUT2D eigenvalue weighted by atomic mass is 32.2. The lowest BCUT2D eigenvalue weighted by atomic mass is 10.2. The molecule has 7 heteroatoms. The molecule has 0 aliphatic carbocycles. The molecule has 0 unspecified atom stereocenters. The summed E-state index contributed by atoms with van der Waals surface area (Å²) < 4.78 is 25.1. The highest BCUT2D eigenvalue weighted by molar-refractivity contribution is 7.90. The zero-order valence-electron chi connectivity index (χ0n) is 12.1. The zero-order chi connectivity index (χ0) is 15.6. The Kier molecular flexibility index (Phi) is 4.13. The third kappa shape index (κ3) is 3.30. The molecule has 0 bridgehead atoms. The van der Waals surface area contributed by atoms with Gasteiger partial charge in [0.1, 0.15) is 5.69 Å². The molecule has 2 aromatic heterocycles. The van der Waals surface area contributed by atoms with Crippen molar-refractivity contribution >= 4 is 21.6 Å². The van der Waals surface area contributed by atoms with E-state index in [1.165, 1.54) is 18.5 Å². The van der Waals surface area contributed by atoms with Gasteiger partial charge in [-0.25, -0.2) is 8.42 Å². The molecule has 0 radical (unpaired) electrons. The van der Waals surface area contributed by atoms with Crippen LogP contribution in [0.1, 0.15) is 29.9 Å². The molecular weight excluding hydrogens is 290 g/mol. The van der Waals surface area contributed by atoms with Crippen LogP contribution in [0.15, 0.2) is 36.8 Å². The lowest BCUT2D eigenvalue weighted by Gasteiger charge is -2.08. The van der Waals surface area contributed by atoms with Crippen LogP contribution in [0.5, 0.6) is 0 Å². The topological polar surface area (TPSA) is 81.1 Å². The van der Waals surface area contributed by atoms with Crippen molar-refractivity contribution in [2.75, 3.05) is 5.32 Å². The zero-order valence-corrected chi connectivity index (χ0v) is 12.9. The van der Waals surface area contributed by atoms with Crippen molar-refractivity contribution in [1.82, 2.24) is 8.96 Å². The van der Waals surface area contributed by atoms with Gasteiger partial charge in [-0.2, -0.15) is 0 Å². The van der Waals surface area contributed by atoms with Gasteiger partial charge in [-0.05, 0) is 38.5 Å². The van der Waals surface area contributed by atoms with Crippen LogP contribution < -0.4 is 5.32 Å². The summed E-state index contributed by atoms with van der Waals surface area (Å²) >= 11 is 0. The van der Waals surface area contributed by atoms with Crippen molar-refractivity contribution in [1.29, 1.82) is 0 Å². The number of aromatic nitrogens is 2. The van der Waals surface area contributed by atoms with E-state index in [9.17, 15) is 13.2 Å². The molecule has 0 fully saturated rings. The SMILES string of the molecule is Cc1ccc(C(=O)Nc2ccn(S(=O)(=O)C(C)C)c2)nc1. The van der Waals surface area contributed by atoms with Gasteiger partial charge in [0.2, 0.25) is 10.0 Å². The number of anilines is 1. The van der Waals surface area contributed by atoms with Gasteiger partial charge < -0.3 is 5.32 Å². The molecule has 0 saturated carbocycles. The van der Waals surface area contributed by atoms with Gasteiger partial charge >= 0.3 is 0 Å². The fourth-order valence-corrected chi connectivity index (χ4v) is 2.63. The molecule has 0 aliphatic heterocycles. The fourth-order valence-electron chi connectivity index (χ4n) is 1.65. The minimum Gasteiger partial charge on any atom is -0.319 e. The van der Waals surface area contributed by atoms with E-state index in [4.69, 9.17) is 0 Å². The van der Waals surface area contributed by atoms with Crippen LogP contribution in [-0.2, 0) is 10.0 Å². The van der Waals surface area contributed by atoms with Crippen LogP contribution in [0.2, 0.25) is 0 Å². The minimum atomic E-state index is -3.41. The maximum atomic E-state index is 12.0. The van der Waals surface area contributed by atoms with Gasteiger partial charge in [0.25, 0.3) is 5.91 Å². The van der Waals surface area contributed by atoms with Crippen molar-refractivity contribution in [3.05, 3.63) is 48.0 Å². The number of hydrogen-bond donors (Lipinski definition) is 1. The molecule has 0 spiro atoms. The third-order valence-corrected chi connectivity index (χ3v) is 4.97. The molecule has 0 atom stereocenters. The summed E-state index contributed by atoms with van der Waals surface area (Å²) in [5.74, 6) is -0.380. The Hall–Kier alpha value is -2.15. The van der Waals surface area contributed by atoms with E-state index in [-0.39, 0.29) is 11.6 Å². The van der Waals surface area contributed by atoms with Gasteiger partial charge in [-0.1, -0.05) is 6.07 Å². The Balaban J connectivity index is 2.16. The maximum Gasteiger partial charge on any atom is 0.274 e. The van der Waals surface area contributed by atoms with Crippen LogP contribution in [0, 0.1) is 6.92 Å². The molecule has 1 N–H and O–H groups in total. The highest BCUT2D eigenvalue weighted by Gasteiger charge is 2.18. The van der Waals surface area contributed by atoms with Crippen LogP contribution in [0.4, 0.5) is 5.69 Å². The average Bonchev–Trinajstić information content (AvgIpc) is 2.88. The molecule has 0 aliphatic rings. The summed E-state index contributed by atoms with van der Waals surface area (Å²) in [5.41, 5.74) is 1.65. The second-order valence-corrected chi connectivity index (χ2v) is 7.39. The first-order valence-corrected chi connectivity index (χ1v) is 7.97. The van der Waals surface area contributed by atoms with Gasteiger partial charge in [0.15, 0.2) is 0 Å². The molecule has 21 heavy (non-hydrogen) atoms. The molecule has 0 aromatic carbocycles. The fraction of sp³-hybridized carbons (Fsp3) is 0.286. The number of rotatable bonds is 4. The smallest absolute Gasteiger partial charge is 0.274 e. The number of nitrogens with zero attached hydrogens (tertiary/aromatic N) is 2. The monoisotopic (exact) mass is 307 g/mol. The molecule has 112 valence electrons. The van der Waals surface area contributed by atoms with Crippen LogP contribution in [0.25, 0.3) is 0 Å². The summed E-state index contributed by atoms with van der Waals surface area (Å²) in [4.78, 5) is 16.0. The Labute approximate surface area is 123 Å². The van der Waals surface area contributed by atoms with E-state index >= 15 is 0 Å². The van der Waals surface area contributed by atoms with E-state index in [0.717, 1.165) is 9.54 Å². The highest BCUT2D eigenvalue weighted by Crippen LogP contribution is 2.14. The summed E-state index contributed by atoms with van der Waals surface area (Å²) in [6, 6.07) is 4.94. The summed E-state index contributed by atoms with van der Waals surface area (Å²) in [7, 11) is -3.41. The normalized spacial score (nSPS) is 11.6. The van der Waals surface area contributed by atoms with Crippen molar-refractivity contribution in [2.45, 2.75) is 26.0 Å². The molecule has 2 heterocycles. The van der Waals surface area contributed by atoms with Crippen LogP contribution in [0.3, 0.4) is 0 Å². The number of carbonyl (C=O) groups is 1. The number of hydrogen-bond acceptors (Lipinski definition) is 4. The predicted molar refractivity (Wildman–Crippen MR) is 80.8 cm³/mol. The number of nitrogens with one attached hydrogen (secondary N) is 1. The Morgan fingerprint density at radius 1 is 1.29 bits per heavy atom. The maximum absolute atomic E-state index is 12.0. The van der Waals surface area contributed by atoms with Crippen molar-refractivity contribution in [3.8, 4) is 0 Å². The predicted octanol–water partition coefficient (Wildman–Crippen LogP) is 2.03.